The second-order valence-corrected chi connectivity index (χ2v) is 3.45. The summed E-state index contributed by atoms with van der Waals surface area (Å²) in [4.78, 5) is 11.1. The molecule has 1 aromatic rings. The highest BCUT2D eigenvalue weighted by atomic mass is 19.1. The Morgan fingerprint density at radius 1 is 1.40 bits per heavy atom. The van der Waals surface area contributed by atoms with Crippen LogP contribution in [-0.2, 0) is 4.74 Å². The number of esters is 1. The molecule has 0 bridgehead atoms. The van der Waals surface area contributed by atoms with Crippen molar-refractivity contribution in [2.45, 2.75) is 13.8 Å². The predicted octanol–water partition coefficient (Wildman–Crippen LogP) is 3.04. The summed E-state index contributed by atoms with van der Waals surface area (Å²) < 4.78 is 17.9. The van der Waals surface area contributed by atoms with Crippen LogP contribution in [0, 0.1) is 5.82 Å². The van der Waals surface area contributed by atoms with Gasteiger partial charge in [-0.3, -0.25) is 0 Å². The van der Waals surface area contributed by atoms with E-state index in [1.165, 1.54) is 13.2 Å². The first-order chi connectivity index (χ1) is 7.04. The van der Waals surface area contributed by atoms with Gasteiger partial charge in [0, 0.05) is 5.56 Å². The molecule has 0 fully saturated rings. The summed E-state index contributed by atoms with van der Waals surface area (Å²) in [6.45, 7) is 3.77. The van der Waals surface area contributed by atoms with E-state index < -0.39 is 11.8 Å². The van der Waals surface area contributed by atoms with Crippen LogP contribution in [0.5, 0.6) is 0 Å². The summed E-state index contributed by atoms with van der Waals surface area (Å²) in [5.74, 6) is -0.947. The van der Waals surface area contributed by atoms with Gasteiger partial charge < -0.3 is 4.74 Å². The van der Waals surface area contributed by atoms with Crippen molar-refractivity contribution in [1.82, 2.24) is 0 Å². The third-order valence-electron chi connectivity index (χ3n) is 1.87. The lowest BCUT2D eigenvalue weighted by Crippen LogP contribution is -2.01. The molecule has 15 heavy (non-hydrogen) atoms. The number of rotatable bonds is 2. The van der Waals surface area contributed by atoms with Crippen molar-refractivity contribution in [1.29, 1.82) is 0 Å². The molecule has 0 unspecified atom stereocenters. The molecular weight excluding hydrogens is 195 g/mol. The Labute approximate surface area is 88.4 Å². The van der Waals surface area contributed by atoms with E-state index in [2.05, 4.69) is 4.74 Å². The largest absolute Gasteiger partial charge is 0.465 e. The van der Waals surface area contributed by atoms with Crippen LogP contribution in [0.25, 0.3) is 6.08 Å². The summed E-state index contributed by atoms with van der Waals surface area (Å²) in [7, 11) is 1.27. The molecule has 1 aromatic carbocycles. The van der Waals surface area contributed by atoms with Crippen molar-refractivity contribution >= 4 is 12.0 Å². The zero-order valence-electron chi connectivity index (χ0n) is 9.00. The fraction of sp³-hybridized carbons (Fsp3) is 0.250. The average molecular weight is 208 g/mol. The minimum absolute atomic E-state index is 0.223. The minimum atomic E-state index is -0.530. The topological polar surface area (TPSA) is 26.3 Å². The molecule has 0 radical (unpaired) electrons. The fourth-order valence-corrected chi connectivity index (χ4v) is 1.20. The second-order valence-electron chi connectivity index (χ2n) is 3.45. The molecule has 80 valence electrons. The first-order valence-electron chi connectivity index (χ1n) is 4.57. The van der Waals surface area contributed by atoms with Crippen molar-refractivity contribution in [2.24, 2.45) is 0 Å². The summed E-state index contributed by atoms with van der Waals surface area (Å²) in [5, 5.41) is 0. The SMILES string of the molecule is COC(=O)c1ccc(C=C(C)C)c(F)c1. The van der Waals surface area contributed by atoms with E-state index in [0.29, 0.717) is 5.56 Å². The Kier molecular flexibility index (Phi) is 3.61. The molecule has 0 aliphatic rings. The van der Waals surface area contributed by atoms with Gasteiger partial charge in [0.25, 0.3) is 0 Å². The number of allylic oxidation sites excluding steroid dienone is 1. The Balaban J connectivity index is 3.09. The molecule has 0 aromatic heterocycles. The highest BCUT2D eigenvalue weighted by molar-refractivity contribution is 5.89. The van der Waals surface area contributed by atoms with Crippen LogP contribution in [0.15, 0.2) is 23.8 Å². The number of halogens is 1. The first kappa shape index (κ1) is 11.4. The zero-order valence-corrected chi connectivity index (χ0v) is 9.00. The molecule has 0 N–H and O–H groups in total. The van der Waals surface area contributed by atoms with E-state index in [1.807, 2.05) is 13.8 Å². The summed E-state index contributed by atoms with van der Waals surface area (Å²) >= 11 is 0. The number of methoxy groups -OCH3 is 1. The molecule has 0 saturated carbocycles. The Hall–Kier alpha value is -1.64. The molecule has 0 heterocycles. The van der Waals surface area contributed by atoms with Crippen LogP contribution in [0.2, 0.25) is 0 Å². The van der Waals surface area contributed by atoms with Gasteiger partial charge in [0.1, 0.15) is 5.82 Å². The normalized spacial score (nSPS) is 9.60. The van der Waals surface area contributed by atoms with E-state index in [0.717, 1.165) is 5.57 Å². The molecule has 2 nitrogen and oxygen atoms in total. The number of carbonyl (C=O) groups excluding carboxylic acids is 1. The van der Waals surface area contributed by atoms with Gasteiger partial charge in [0.2, 0.25) is 0 Å². The molecule has 0 aliphatic heterocycles. The van der Waals surface area contributed by atoms with E-state index in [9.17, 15) is 9.18 Å². The number of carbonyl (C=O) groups is 1. The third-order valence-corrected chi connectivity index (χ3v) is 1.87. The van der Waals surface area contributed by atoms with Crippen LogP contribution in [0.3, 0.4) is 0 Å². The van der Waals surface area contributed by atoms with Crippen LogP contribution in [0.4, 0.5) is 4.39 Å². The van der Waals surface area contributed by atoms with E-state index in [4.69, 9.17) is 0 Å². The minimum Gasteiger partial charge on any atom is -0.465 e. The van der Waals surface area contributed by atoms with Gasteiger partial charge in [-0.2, -0.15) is 0 Å². The fourth-order valence-electron chi connectivity index (χ4n) is 1.20. The molecule has 0 atom stereocenters. The number of hydrogen-bond donors (Lipinski definition) is 0. The van der Waals surface area contributed by atoms with Crippen molar-refractivity contribution in [3.8, 4) is 0 Å². The Morgan fingerprint density at radius 2 is 2.07 bits per heavy atom. The van der Waals surface area contributed by atoms with E-state index in [1.54, 1.807) is 18.2 Å². The summed E-state index contributed by atoms with van der Waals surface area (Å²) in [5.41, 5.74) is 1.70. The van der Waals surface area contributed by atoms with Crippen LogP contribution in [0.1, 0.15) is 29.8 Å². The lowest BCUT2D eigenvalue weighted by atomic mass is 10.1. The Bertz CT molecular complexity index is 404. The first-order valence-corrected chi connectivity index (χ1v) is 4.57. The molecule has 3 heteroatoms. The molecule has 0 spiro atoms. The average Bonchev–Trinajstić information content (AvgIpc) is 2.19. The van der Waals surface area contributed by atoms with Gasteiger partial charge in [0.15, 0.2) is 0 Å². The molecule has 0 saturated heterocycles. The summed E-state index contributed by atoms with van der Waals surface area (Å²) in [6.07, 6.45) is 1.72. The van der Waals surface area contributed by atoms with Gasteiger partial charge in [-0.25, -0.2) is 9.18 Å². The summed E-state index contributed by atoms with van der Waals surface area (Å²) in [6, 6.07) is 4.29. The molecule has 1 rings (SSSR count). The number of hydrogen-bond acceptors (Lipinski definition) is 2. The maximum Gasteiger partial charge on any atom is 0.337 e. The smallest absolute Gasteiger partial charge is 0.337 e. The predicted molar refractivity (Wildman–Crippen MR) is 57.1 cm³/mol. The number of benzene rings is 1. The van der Waals surface area contributed by atoms with E-state index >= 15 is 0 Å². The quantitative estimate of drug-likeness (QED) is 0.698. The van der Waals surface area contributed by atoms with Gasteiger partial charge in [-0.1, -0.05) is 17.7 Å². The van der Waals surface area contributed by atoms with Gasteiger partial charge in [-0.05, 0) is 26.0 Å². The lowest BCUT2D eigenvalue weighted by Gasteiger charge is -2.02. The molecule has 0 amide bonds. The highest BCUT2D eigenvalue weighted by Crippen LogP contribution is 2.14. The van der Waals surface area contributed by atoms with Crippen LogP contribution < -0.4 is 0 Å². The van der Waals surface area contributed by atoms with Crippen LogP contribution in [-0.4, -0.2) is 13.1 Å². The lowest BCUT2D eigenvalue weighted by molar-refractivity contribution is 0.0600. The monoisotopic (exact) mass is 208 g/mol. The van der Waals surface area contributed by atoms with Crippen molar-refractivity contribution in [3.63, 3.8) is 0 Å². The second kappa shape index (κ2) is 4.73. The van der Waals surface area contributed by atoms with Crippen molar-refractivity contribution in [3.05, 3.63) is 40.7 Å². The van der Waals surface area contributed by atoms with Gasteiger partial charge in [0.05, 0.1) is 12.7 Å². The number of ether oxygens (including phenoxy) is 1. The van der Waals surface area contributed by atoms with E-state index in [-0.39, 0.29) is 5.56 Å². The van der Waals surface area contributed by atoms with Gasteiger partial charge >= 0.3 is 5.97 Å². The Morgan fingerprint density at radius 3 is 2.53 bits per heavy atom. The van der Waals surface area contributed by atoms with Crippen molar-refractivity contribution in [2.75, 3.05) is 7.11 Å². The maximum atomic E-state index is 13.5. The van der Waals surface area contributed by atoms with Crippen molar-refractivity contribution < 1.29 is 13.9 Å². The maximum absolute atomic E-state index is 13.5. The standard InChI is InChI=1S/C12H13FO2/c1-8(2)6-9-4-5-10(7-11(9)13)12(14)15-3/h4-7H,1-3H3. The molecule has 0 aliphatic carbocycles. The third kappa shape index (κ3) is 2.91. The van der Waals surface area contributed by atoms with Crippen LogP contribution >= 0.6 is 0 Å². The highest BCUT2D eigenvalue weighted by Gasteiger charge is 2.08. The van der Waals surface area contributed by atoms with Gasteiger partial charge in [-0.15, -0.1) is 0 Å². The molecular formula is C12H13FO2. The zero-order chi connectivity index (χ0) is 11.4.